The molecule has 1 aromatic carbocycles. The smallest absolute Gasteiger partial charge is 0.261 e. The third-order valence-corrected chi connectivity index (χ3v) is 5.15. The van der Waals surface area contributed by atoms with E-state index in [2.05, 4.69) is 5.09 Å². The molecule has 0 atom stereocenters. The van der Waals surface area contributed by atoms with Crippen molar-refractivity contribution in [3.63, 3.8) is 0 Å². The molecule has 17 heavy (non-hydrogen) atoms. The highest BCUT2D eigenvalue weighted by atomic mass is 35.5. The van der Waals surface area contributed by atoms with E-state index in [1.54, 1.807) is 0 Å². The molecule has 0 saturated heterocycles. The molecule has 0 heterocycles. The van der Waals surface area contributed by atoms with Crippen molar-refractivity contribution in [1.82, 2.24) is 5.09 Å². The molecule has 0 aliphatic rings. The van der Waals surface area contributed by atoms with E-state index in [0.29, 0.717) is 19.8 Å². The SMILES string of the molecule is CCOP(=S)(NCc1ccccc1Cl)OCC. The summed E-state index contributed by atoms with van der Waals surface area (Å²) < 4.78 is 11.0. The van der Waals surface area contributed by atoms with Gasteiger partial charge in [-0.15, -0.1) is 0 Å². The number of hydrogen-bond donors (Lipinski definition) is 1. The van der Waals surface area contributed by atoms with E-state index < -0.39 is 6.64 Å². The lowest BCUT2D eigenvalue weighted by Crippen LogP contribution is -2.14. The summed E-state index contributed by atoms with van der Waals surface area (Å²) in [5.41, 5.74) is 0.989. The van der Waals surface area contributed by atoms with E-state index in [9.17, 15) is 0 Å². The van der Waals surface area contributed by atoms with Crippen molar-refractivity contribution < 1.29 is 9.05 Å². The Morgan fingerprint density at radius 1 is 1.24 bits per heavy atom. The molecule has 1 N–H and O–H groups in total. The van der Waals surface area contributed by atoms with Gasteiger partial charge in [0.25, 0.3) is 6.64 Å². The van der Waals surface area contributed by atoms with Gasteiger partial charge in [-0.25, -0.2) is 5.09 Å². The minimum atomic E-state index is -2.38. The maximum absolute atomic E-state index is 6.06. The summed E-state index contributed by atoms with van der Waals surface area (Å²) in [6, 6.07) is 7.64. The van der Waals surface area contributed by atoms with Crippen LogP contribution in [0.15, 0.2) is 24.3 Å². The van der Waals surface area contributed by atoms with Crippen LogP contribution in [-0.4, -0.2) is 13.2 Å². The normalized spacial score (nSPS) is 11.7. The first-order valence-electron chi connectivity index (χ1n) is 5.49. The van der Waals surface area contributed by atoms with Crippen LogP contribution in [0.2, 0.25) is 5.02 Å². The lowest BCUT2D eigenvalue weighted by Gasteiger charge is -2.22. The van der Waals surface area contributed by atoms with Gasteiger partial charge in [-0.1, -0.05) is 29.8 Å². The standard InChI is InChI=1S/C11H17ClNO2PS/c1-3-14-16(17,15-4-2)13-9-10-7-5-6-8-11(10)12/h5-8H,3-4,9H2,1-2H3,(H,13,17). The minimum absolute atomic E-state index is 0.535. The predicted octanol–water partition coefficient (Wildman–Crippen LogP) is 3.73. The summed E-state index contributed by atoms with van der Waals surface area (Å²) in [5.74, 6) is 0. The van der Waals surface area contributed by atoms with E-state index in [1.165, 1.54) is 0 Å². The van der Waals surface area contributed by atoms with E-state index in [1.807, 2.05) is 38.1 Å². The second kappa shape index (κ2) is 7.47. The molecule has 0 amide bonds. The van der Waals surface area contributed by atoms with E-state index >= 15 is 0 Å². The summed E-state index contributed by atoms with van der Waals surface area (Å²) in [4.78, 5) is 0. The van der Waals surface area contributed by atoms with Crippen molar-refractivity contribution in [2.24, 2.45) is 0 Å². The molecule has 0 saturated carbocycles. The largest absolute Gasteiger partial charge is 0.318 e. The zero-order chi connectivity index (χ0) is 12.7. The van der Waals surface area contributed by atoms with Gasteiger partial charge in [0.05, 0.1) is 13.2 Å². The Hall–Kier alpha value is 0.0400. The van der Waals surface area contributed by atoms with Crippen LogP contribution in [0.25, 0.3) is 0 Å². The van der Waals surface area contributed by atoms with Crippen LogP contribution in [-0.2, 0) is 27.4 Å². The third-order valence-electron chi connectivity index (χ3n) is 2.02. The van der Waals surface area contributed by atoms with Gasteiger partial charge in [-0.2, -0.15) is 0 Å². The molecule has 1 rings (SSSR count). The van der Waals surface area contributed by atoms with Crippen molar-refractivity contribution in [2.45, 2.75) is 20.4 Å². The number of benzene rings is 1. The van der Waals surface area contributed by atoms with Crippen LogP contribution in [0.5, 0.6) is 0 Å². The molecule has 0 aliphatic carbocycles. The monoisotopic (exact) mass is 293 g/mol. The number of halogens is 1. The maximum atomic E-state index is 6.06. The van der Waals surface area contributed by atoms with Crippen LogP contribution in [0.4, 0.5) is 0 Å². The zero-order valence-electron chi connectivity index (χ0n) is 9.98. The molecule has 0 fully saturated rings. The lowest BCUT2D eigenvalue weighted by molar-refractivity contribution is 0.258. The van der Waals surface area contributed by atoms with Gasteiger partial charge in [0, 0.05) is 11.6 Å². The van der Waals surface area contributed by atoms with E-state index in [-0.39, 0.29) is 0 Å². The summed E-state index contributed by atoms with van der Waals surface area (Å²) in [5, 5.41) is 3.87. The molecule has 0 unspecified atom stereocenters. The average molecular weight is 294 g/mol. The van der Waals surface area contributed by atoms with Gasteiger partial charge in [-0.3, -0.25) is 0 Å². The first-order valence-corrected chi connectivity index (χ1v) is 8.50. The number of hydrogen-bond acceptors (Lipinski definition) is 3. The summed E-state index contributed by atoms with van der Waals surface area (Å²) in [6.07, 6.45) is 0. The highest BCUT2D eigenvalue weighted by Crippen LogP contribution is 2.44. The van der Waals surface area contributed by atoms with Crippen LogP contribution < -0.4 is 5.09 Å². The molecular formula is C11H17ClNO2PS. The molecule has 0 aromatic heterocycles. The fourth-order valence-corrected chi connectivity index (χ4v) is 3.62. The molecule has 0 aliphatic heterocycles. The summed E-state index contributed by atoms with van der Waals surface area (Å²) >= 11 is 11.4. The molecule has 0 spiro atoms. The Kier molecular flexibility index (Phi) is 6.63. The molecule has 96 valence electrons. The van der Waals surface area contributed by atoms with Gasteiger partial charge in [0.2, 0.25) is 0 Å². The van der Waals surface area contributed by atoms with Crippen LogP contribution >= 0.6 is 18.2 Å². The van der Waals surface area contributed by atoms with Crippen molar-refractivity contribution in [3.8, 4) is 0 Å². The molecular weight excluding hydrogens is 277 g/mol. The molecule has 0 radical (unpaired) electrons. The first kappa shape index (κ1) is 15.1. The Balaban J connectivity index is 2.64. The Labute approximate surface area is 113 Å². The van der Waals surface area contributed by atoms with E-state index in [0.717, 1.165) is 10.6 Å². The van der Waals surface area contributed by atoms with Gasteiger partial charge in [0.1, 0.15) is 0 Å². The summed E-state index contributed by atoms with van der Waals surface area (Å²) in [6.45, 7) is 3.04. The molecule has 3 nitrogen and oxygen atoms in total. The molecule has 6 heteroatoms. The van der Waals surface area contributed by atoms with Crippen LogP contribution in [0, 0.1) is 0 Å². The molecule has 1 aromatic rings. The van der Waals surface area contributed by atoms with Crippen LogP contribution in [0.3, 0.4) is 0 Å². The van der Waals surface area contributed by atoms with Gasteiger partial charge < -0.3 is 9.05 Å². The number of nitrogens with one attached hydrogen (secondary N) is 1. The first-order chi connectivity index (χ1) is 8.11. The average Bonchev–Trinajstić information content (AvgIpc) is 2.29. The van der Waals surface area contributed by atoms with Crippen LogP contribution in [0.1, 0.15) is 19.4 Å². The fraction of sp³-hybridized carbons (Fsp3) is 0.455. The Morgan fingerprint density at radius 2 is 1.82 bits per heavy atom. The van der Waals surface area contributed by atoms with Crippen molar-refractivity contribution in [3.05, 3.63) is 34.9 Å². The lowest BCUT2D eigenvalue weighted by atomic mass is 10.2. The van der Waals surface area contributed by atoms with Gasteiger partial charge in [0.15, 0.2) is 0 Å². The second-order valence-electron chi connectivity index (χ2n) is 3.26. The Morgan fingerprint density at radius 3 is 2.35 bits per heavy atom. The van der Waals surface area contributed by atoms with Gasteiger partial charge >= 0.3 is 0 Å². The third kappa shape index (κ3) is 5.04. The Bertz CT molecular complexity index is 393. The van der Waals surface area contributed by atoms with Crippen molar-refractivity contribution in [2.75, 3.05) is 13.2 Å². The van der Waals surface area contributed by atoms with E-state index in [4.69, 9.17) is 32.5 Å². The predicted molar refractivity (Wildman–Crippen MR) is 75.8 cm³/mol. The quantitative estimate of drug-likeness (QED) is 0.776. The maximum Gasteiger partial charge on any atom is 0.261 e. The van der Waals surface area contributed by atoms with Crippen molar-refractivity contribution in [1.29, 1.82) is 0 Å². The highest BCUT2D eigenvalue weighted by molar-refractivity contribution is 8.08. The van der Waals surface area contributed by atoms with Crippen molar-refractivity contribution >= 4 is 30.1 Å². The fourth-order valence-electron chi connectivity index (χ4n) is 1.29. The highest BCUT2D eigenvalue weighted by Gasteiger charge is 2.17. The minimum Gasteiger partial charge on any atom is -0.318 e. The summed E-state index contributed by atoms with van der Waals surface area (Å²) in [7, 11) is 0. The topological polar surface area (TPSA) is 30.5 Å². The second-order valence-corrected chi connectivity index (χ2v) is 6.94. The zero-order valence-corrected chi connectivity index (χ0v) is 12.4. The van der Waals surface area contributed by atoms with Gasteiger partial charge in [-0.05, 0) is 37.3 Å². The molecule has 0 bridgehead atoms. The number of rotatable bonds is 7.